The van der Waals surface area contributed by atoms with Crippen LogP contribution in [0.1, 0.15) is 72.1 Å². The van der Waals surface area contributed by atoms with Crippen molar-refractivity contribution < 1.29 is 9.84 Å². The molecule has 0 aromatic heterocycles. The van der Waals surface area contributed by atoms with E-state index in [0.717, 1.165) is 18.9 Å². The van der Waals surface area contributed by atoms with Crippen LogP contribution < -0.4 is 0 Å². The Morgan fingerprint density at radius 2 is 2.04 bits per heavy atom. The number of methoxy groups -OCH3 is 1. The summed E-state index contributed by atoms with van der Waals surface area (Å²) < 4.78 is 5.62. The lowest BCUT2D eigenvalue weighted by atomic mass is 9.46. The minimum absolute atomic E-state index is 0.318. The summed E-state index contributed by atoms with van der Waals surface area (Å²) in [4.78, 5) is 0. The first-order chi connectivity index (χ1) is 10.9. The predicted molar refractivity (Wildman–Crippen MR) is 97.4 cm³/mol. The predicted octanol–water partition coefficient (Wildman–Crippen LogP) is 5.21. The van der Waals surface area contributed by atoms with Gasteiger partial charge in [-0.1, -0.05) is 45.8 Å². The average molecular weight is 323 g/mol. The standard InChI is InChI=1S/C21H38O2/c1-16(11-14-22)7-9-18-17(2)8-10-19-20(3,15-23-5)12-6-13-21(18,19)4/h16,18-19,22H,2,6-15H2,1,3-5H3. The van der Waals surface area contributed by atoms with Gasteiger partial charge in [-0.05, 0) is 67.1 Å². The van der Waals surface area contributed by atoms with Crippen molar-refractivity contribution in [3.8, 4) is 0 Å². The number of hydrogen-bond acceptors (Lipinski definition) is 2. The van der Waals surface area contributed by atoms with Crippen LogP contribution in [0.25, 0.3) is 0 Å². The molecule has 0 aromatic carbocycles. The molecule has 0 aromatic rings. The Morgan fingerprint density at radius 1 is 1.30 bits per heavy atom. The van der Waals surface area contributed by atoms with Crippen molar-refractivity contribution in [3.63, 3.8) is 0 Å². The lowest BCUT2D eigenvalue weighted by molar-refractivity contribution is -0.0938. The van der Waals surface area contributed by atoms with Crippen LogP contribution >= 0.6 is 0 Å². The van der Waals surface area contributed by atoms with Crippen LogP contribution in [0.3, 0.4) is 0 Å². The summed E-state index contributed by atoms with van der Waals surface area (Å²) in [7, 11) is 1.85. The van der Waals surface area contributed by atoms with E-state index < -0.39 is 0 Å². The molecule has 0 bridgehead atoms. The zero-order valence-electron chi connectivity index (χ0n) is 15.9. The third kappa shape index (κ3) is 3.85. The zero-order chi connectivity index (χ0) is 17.1. The first-order valence-corrected chi connectivity index (χ1v) is 9.65. The van der Waals surface area contributed by atoms with Gasteiger partial charge < -0.3 is 9.84 Å². The average Bonchev–Trinajstić information content (AvgIpc) is 2.46. The van der Waals surface area contributed by atoms with Crippen LogP contribution in [0, 0.1) is 28.6 Å². The number of fused-ring (bicyclic) bond motifs is 1. The Morgan fingerprint density at radius 3 is 2.70 bits per heavy atom. The zero-order valence-corrected chi connectivity index (χ0v) is 15.9. The molecular weight excluding hydrogens is 284 g/mol. The lowest BCUT2D eigenvalue weighted by Gasteiger charge is -2.59. The van der Waals surface area contributed by atoms with E-state index in [4.69, 9.17) is 9.84 Å². The molecule has 2 saturated carbocycles. The maximum absolute atomic E-state index is 9.16. The van der Waals surface area contributed by atoms with Gasteiger partial charge in [0.1, 0.15) is 0 Å². The van der Waals surface area contributed by atoms with Crippen molar-refractivity contribution in [2.45, 2.75) is 72.1 Å². The Hall–Kier alpha value is -0.340. The monoisotopic (exact) mass is 322 g/mol. The van der Waals surface area contributed by atoms with E-state index >= 15 is 0 Å². The van der Waals surface area contributed by atoms with Crippen LogP contribution in [0.5, 0.6) is 0 Å². The van der Waals surface area contributed by atoms with Gasteiger partial charge in [-0.3, -0.25) is 0 Å². The number of rotatable bonds is 7. The molecule has 134 valence electrons. The normalized spacial score (nSPS) is 39.1. The van der Waals surface area contributed by atoms with Crippen LogP contribution in [-0.4, -0.2) is 25.4 Å². The minimum atomic E-state index is 0.318. The summed E-state index contributed by atoms with van der Waals surface area (Å²) in [6.07, 6.45) is 9.85. The van der Waals surface area contributed by atoms with Crippen LogP contribution in [0.2, 0.25) is 0 Å². The molecule has 2 fully saturated rings. The molecule has 23 heavy (non-hydrogen) atoms. The molecule has 2 nitrogen and oxygen atoms in total. The fourth-order valence-corrected chi connectivity index (χ4v) is 5.94. The van der Waals surface area contributed by atoms with Gasteiger partial charge >= 0.3 is 0 Å². The van der Waals surface area contributed by atoms with E-state index in [9.17, 15) is 0 Å². The fourth-order valence-electron chi connectivity index (χ4n) is 5.94. The third-order valence-electron chi connectivity index (χ3n) is 7.19. The van der Waals surface area contributed by atoms with Gasteiger partial charge in [0, 0.05) is 13.7 Å². The minimum Gasteiger partial charge on any atom is -0.396 e. The molecule has 2 aliphatic carbocycles. The Kier molecular flexibility index (Phi) is 6.35. The maximum Gasteiger partial charge on any atom is 0.0518 e. The quantitative estimate of drug-likeness (QED) is 0.652. The molecule has 5 unspecified atom stereocenters. The van der Waals surface area contributed by atoms with E-state index in [1.165, 1.54) is 50.5 Å². The molecule has 0 radical (unpaired) electrons. The lowest BCUT2D eigenvalue weighted by Crippen LogP contribution is -2.52. The van der Waals surface area contributed by atoms with Crippen molar-refractivity contribution in [1.29, 1.82) is 0 Å². The molecule has 2 aliphatic rings. The molecule has 2 heteroatoms. The summed E-state index contributed by atoms with van der Waals surface area (Å²) >= 11 is 0. The number of aliphatic hydroxyl groups excluding tert-OH is 1. The van der Waals surface area contributed by atoms with E-state index in [1.54, 1.807) is 0 Å². The first kappa shape index (κ1) is 19.0. The van der Waals surface area contributed by atoms with Crippen LogP contribution in [0.4, 0.5) is 0 Å². The van der Waals surface area contributed by atoms with Crippen molar-refractivity contribution in [2.24, 2.45) is 28.6 Å². The third-order valence-corrected chi connectivity index (χ3v) is 7.19. The molecule has 5 atom stereocenters. The van der Waals surface area contributed by atoms with Gasteiger partial charge in [0.2, 0.25) is 0 Å². The molecule has 0 saturated heterocycles. The highest BCUT2D eigenvalue weighted by Gasteiger charge is 2.54. The van der Waals surface area contributed by atoms with E-state index in [0.29, 0.717) is 29.3 Å². The largest absolute Gasteiger partial charge is 0.396 e. The highest BCUT2D eigenvalue weighted by Crippen LogP contribution is 2.62. The Labute approximate surface area is 143 Å². The second kappa shape index (κ2) is 7.70. The molecule has 0 amide bonds. The molecular formula is C21H38O2. The maximum atomic E-state index is 9.16. The number of aliphatic hydroxyl groups is 1. The van der Waals surface area contributed by atoms with Gasteiger partial charge in [0.15, 0.2) is 0 Å². The molecule has 0 heterocycles. The Bertz CT molecular complexity index is 401. The second-order valence-corrected chi connectivity index (χ2v) is 8.94. The van der Waals surface area contributed by atoms with Gasteiger partial charge in [0.05, 0.1) is 6.61 Å². The van der Waals surface area contributed by atoms with Crippen LogP contribution in [-0.2, 0) is 4.74 Å². The number of hydrogen-bond donors (Lipinski definition) is 1. The molecule has 1 N–H and O–H groups in total. The second-order valence-electron chi connectivity index (χ2n) is 8.94. The SMILES string of the molecule is C=C1CCC2C(C)(COC)CCCC2(C)C1CCC(C)CCO. The van der Waals surface area contributed by atoms with Gasteiger partial charge in [-0.25, -0.2) is 0 Å². The first-order valence-electron chi connectivity index (χ1n) is 9.65. The number of allylic oxidation sites excluding steroid dienone is 1. The molecule has 2 rings (SSSR count). The van der Waals surface area contributed by atoms with Crippen molar-refractivity contribution >= 4 is 0 Å². The Balaban J connectivity index is 2.15. The molecule has 0 aliphatic heterocycles. The van der Waals surface area contributed by atoms with Gasteiger partial charge in [-0.15, -0.1) is 0 Å². The fraction of sp³-hybridized carbons (Fsp3) is 0.905. The summed E-state index contributed by atoms with van der Waals surface area (Å²) in [6.45, 7) is 13.0. The topological polar surface area (TPSA) is 29.5 Å². The van der Waals surface area contributed by atoms with Crippen LogP contribution in [0.15, 0.2) is 12.2 Å². The highest BCUT2D eigenvalue weighted by atomic mass is 16.5. The van der Waals surface area contributed by atoms with Gasteiger partial charge in [0.25, 0.3) is 0 Å². The van der Waals surface area contributed by atoms with E-state index in [-0.39, 0.29) is 0 Å². The van der Waals surface area contributed by atoms with Crippen molar-refractivity contribution in [1.82, 2.24) is 0 Å². The summed E-state index contributed by atoms with van der Waals surface area (Å²) in [5.74, 6) is 2.02. The van der Waals surface area contributed by atoms with Gasteiger partial charge in [-0.2, -0.15) is 0 Å². The summed E-state index contributed by atoms with van der Waals surface area (Å²) in [5.41, 5.74) is 2.21. The van der Waals surface area contributed by atoms with Crippen molar-refractivity contribution in [3.05, 3.63) is 12.2 Å². The summed E-state index contributed by atoms with van der Waals surface area (Å²) in [6, 6.07) is 0. The number of ether oxygens (including phenoxy) is 1. The highest BCUT2D eigenvalue weighted by molar-refractivity contribution is 5.16. The summed E-state index contributed by atoms with van der Waals surface area (Å²) in [5, 5.41) is 9.16. The van der Waals surface area contributed by atoms with E-state index in [2.05, 4.69) is 27.4 Å². The van der Waals surface area contributed by atoms with Crippen molar-refractivity contribution in [2.75, 3.05) is 20.3 Å². The molecule has 0 spiro atoms. The van der Waals surface area contributed by atoms with E-state index in [1.807, 2.05) is 7.11 Å². The smallest absolute Gasteiger partial charge is 0.0518 e.